The fourth-order valence-electron chi connectivity index (χ4n) is 1.30. The minimum Gasteiger partial charge on any atom is -0.481 e. The van der Waals surface area contributed by atoms with Gasteiger partial charge in [0, 0.05) is 25.0 Å². The van der Waals surface area contributed by atoms with Gasteiger partial charge in [0.15, 0.2) is 0 Å². The Morgan fingerprint density at radius 1 is 1.56 bits per heavy atom. The van der Waals surface area contributed by atoms with Crippen molar-refractivity contribution in [3.05, 3.63) is 22.4 Å². The zero-order chi connectivity index (χ0) is 13.5. The van der Waals surface area contributed by atoms with Gasteiger partial charge in [0.2, 0.25) is 0 Å². The first-order chi connectivity index (χ1) is 8.50. The number of nitrogens with one attached hydrogen (secondary N) is 1. The van der Waals surface area contributed by atoms with Gasteiger partial charge in [0.1, 0.15) is 0 Å². The largest absolute Gasteiger partial charge is 0.481 e. The first-order valence-electron chi connectivity index (χ1n) is 5.75. The van der Waals surface area contributed by atoms with Crippen LogP contribution in [-0.4, -0.2) is 42.1 Å². The Morgan fingerprint density at radius 3 is 2.83 bits per heavy atom. The van der Waals surface area contributed by atoms with Crippen LogP contribution in [0.1, 0.15) is 11.8 Å². The maximum absolute atomic E-state index is 11.7. The van der Waals surface area contributed by atoms with Gasteiger partial charge in [-0.05, 0) is 17.9 Å². The molecule has 100 valence electrons. The molecule has 1 atom stereocenters. The van der Waals surface area contributed by atoms with Crippen LogP contribution in [0.3, 0.4) is 0 Å². The second-order valence-corrected chi connectivity index (χ2v) is 5.21. The molecule has 0 bridgehead atoms. The summed E-state index contributed by atoms with van der Waals surface area (Å²) in [6.07, 6.45) is 0.816. The minimum atomic E-state index is -0.906. The summed E-state index contributed by atoms with van der Waals surface area (Å²) in [7, 11) is 1.70. The Morgan fingerprint density at radius 2 is 2.28 bits per heavy atom. The van der Waals surface area contributed by atoms with Crippen molar-refractivity contribution >= 4 is 23.3 Å². The van der Waals surface area contributed by atoms with Crippen LogP contribution < -0.4 is 5.32 Å². The maximum atomic E-state index is 11.7. The van der Waals surface area contributed by atoms with Crippen molar-refractivity contribution in [3.63, 3.8) is 0 Å². The highest BCUT2D eigenvalue weighted by Gasteiger charge is 2.14. The van der Waals surface area contributed by atoms with E-state index in [1.54, 1.807) is 30.2 Å². The molecule has 0 aromatic carbocycles. The van der Waals surface area contributed by atoms with Crippen molar-refractivity contribution in [2.24, 2.45) is 5.92 Å². The van der Waals surface area contributed by atoms with Crippen LogP contribution in [0.25, 0.3) is 0 Å². The van der Waals surface area contributed by atoms with Crippen molar-refractivity contribution < 1.29 is 14.7 Å². The van der Waals surface area contributed by atoms with Crippen molar-refractivity contribution in [1.82, 2.24) is 10.2 Å². The molecular weight excluding hydrogens is 252 g/mol. The molecule has 18 heavy (non-hydrogen) atoms. The molecule has 0 fully saturated rings. The molecule has 1 aromatic rings. The average Bonchev–Trinajstić information content (AvgIpc) is 2.85. The van der Waals surface area contributed by atoms with E-state index < -0.39 is 11.9 Å². The number of thiophene rings is 1. The van der Waals surface area contributed by atoms with Gasteiger partial charge in [0.25, 0.3) is 0 Å². The standard InChI is InChI=1S/C12H18N2O3S/c1-9(11(15)16)8-13-12(17)14(2)6-5-10-4-3-7-18-10/h3-4,7,9H,5-6,8H2,1-2H3,(H,13,17)(H,15,16). The number of carboxylic acid groups (broad SMARTS) is 1. The highest BCUT2D eigenvalue weighted by atomic mass is 32.1. The summed E-state index contributed by atoms with van der Waals surface area (Å²) in [4.78, 5) is 25.0. The zero-order valence-electron chi connectivity index (χ0n) is 10.5. The Balaban J connectivity index is 2.26. The first-order valence-corrected chi connectivity index (χ1v) is 6.63. The molecule has 2 amide bonds. The normalized spacial score (nSPS) is 11.9. The summed E-state index contributed by atoms with van der Waals surface area (Å²) in [6, 6.07) is 3.78. The molecule has 0 saturated carbocycles. The number of amides is 2. The van der Waals surface area contributed by atoms with E-state index in [0.717, 1.165) is 6.42 Å². The topological polar surface area (TPSA) is 69.6 Å². The second kappa shape index (κ2) is 7.00. The maximum Gasteiger partial charge on any atom is 0.317 e. The van der Waals surface area contributed by atoms with Crippen LogP contribution in [0.5, 0.6) is 0 Å². The van der Waals surface area contributed by atoms with E-state index >= 15 is 0 Å². The molecule has 1 aromatic heterocycles. The Kier molecular flexibility index (Phi) is 5.64. The third-order valence-corrected chi connectivity index (χ3v) is 3.54. The Labute approximate surface area is 110 Å². The van der Waals surface area contributed by atoms with Gasteiger partial charge in [-0.3, -0.25) is 4.79 Å². The summed E-state index contributed by atoms with van der Waals surface area (Å²) in [6.45, 7) is 2.33. The summed E-state index contributed by atoms with van der Waals surface area (Å²) in [5, 5.41) is 13.3. The zero-order valence-corrected chi connectivity index (χ0v) is 11.4. The van der Waals surface area contributed by atoms with Crippen molar-refractivity contribution in [2.75, 3.05) is 20.1 Å². The number of likely N-dealkylation sites (N-methyl/N-ethyl adjacent to an activating group) is 1. The SMILES string of the molecule is CC(CNC(=O)N(C)CCc1cccs1)C(=O)O. The molecule has 0 aliphatic carbocycles. The molecule has 6 heteroatoms. The van der Waals surface area contributed by atoms with Crippen LogP contribution in [0.2, 0.25) is 0 Å². The van der Waals surface area contributed by atoms with Crippen LogP contribution in [0.4, 0.5) is 4.79 Å². The predicted molar refractivity (Wildman–Crippen MR) is 70.9 cm³/mol. The third-order valence-electron chi connectivity index (χ3n) is 2.60. The number of carbonyl (C=O) groups excluding carboxylic acids is 1. The summed E-state index contributed by atoms with van der Waals surface area (Å²) < 4.78 is 0. The van der Waals surface area contributed by atoms with Gasteiger partial charge in [-0.1, -0.05) is 13.0 Å². The molecule has 1 unspecified atom stereocenters. The van der Waals surface area contributed by atoms with Gasteiger partial charge in [-0.15, -0.1) is 11.3 Å². The summed E-state index contributed by atoms with van der Waals surface area (Å²) >= 11 is 1.66. The van der Waals surface area contributed by atoms with E-state index in [1.807, 2.05) is 17.5 Å². The number of hydrogen-bond donors (Lipinski definition) is 2. The van der Waals surface area contributed by atoms with Crippen molar-refractivity contribution in [3.8, 4) is 0 Å². The molecule has 2 N–H and O–H groups in total. The second-order valence-electron chi connectivity index (χ2n) is 4.18. The van der Waals surface area contributed by atoms with Crippen LogP contribution >= 0.6 is 11.3 Å². The van der Waals surface area contributed by atoms with E-state index in [0.29, 0.717) is 6.54 Å². The Bertz CT molecular complexity index is 392. The molecule has 1 heterocycles. The van der Waals surface area contributed by atoms with Crippen LogP contribution in [0, 0.1) is 5.92 Å². The molecule has 1 rings (SSSR count). The van der Waals surface area contributed by atoms with Gasteiger partial charge < -0.3 is 15.3 Å². The van der Waals surface area contributed by atoms with Gasteiger partial charge in [-0.2, -0.15) is 0 Å². The number of nitrogens with zero attached hydrogens (tertiary/aromatic N) is 1. The minimum absolute atomic E-state index is 0.150. The number of urea groups is 1. The highest BCUT2D eigenvalue weighted by Crippen LogP contribution is 2.09. The smallest absolute Gasteiger partial charge is 0.317 e. The van der Waals surface area contributed by atoms with Gasteiger partial charge in [0.05, 0.1) is 5.92 Å². The number of rotatable bonds is 6. The van der Waals surface area contributed by atoms with E-state index in [-0.39, 0.29) is 12.6 Å². The molecule has 0 radical (unpaired) electrons. The van der Waals surface area contributed by atoms with Crippen molar-refractivity contribution in [2.45, 2.75) is 13.3 Å². The number of carbonyl (C=O) groups is 2. The van der Waals surface area contributed by atoms with E-state index in [4.69, 9.17) is 5.11 Å². The highest BCUT2D eigenvalue weighted by molar-refractivity contribution is 7.09. The lowest BCUT2D eigenvalue weighted by Gasteiger charge is -2.18. The molecule has 5 nitrogen and oxygen atoms in total. The predicted octanol–water partition coefficient (Wildman–Crippen LogP) is 1.65. The quantitative estimate of drug-likeness (QED) is 0.826. The molecule has 0 spiro atoms. The lowest BCUT2D eigenvalue weighted by molar-refractivity contribution is -0.140. The molecule has 0 saturated heterocycles. The molecule has 0 aliphatic heterocycles. The fourth-order valence-corrected chi connectivity index (χ4v) is 2.00. The lowest BCUT2D eigenvalue weighted by Crippen LogP contribution is -2.41. The summed E-state index contributed by atoms with van der Waals surface area (Å²) in [5.74, 6) is -1.48. The monoisotopic (exact) mass is 270 g/mol. The number of hydrogen-bond acceptors (Lipinski definition) is 3. The number of carboxylic acids is 1. The van der Waals surface area contributed by atoms with Crippen LogP contribution in [0.15, 0.2) is 17.5 Å². The van der Waals surface area contributed by atoms with E-state index in [1.165, 1.54) is 4.88 Å². The van der Waals surface area contributed by atoms with E-state index in [2.05, 4.69) is 5.32 Å². The third kappa shape index (κ3) is 4.75. The summed E-state index contributed by atoms with van der Waals surface area (Å²) in [5.41, 5.74) is 0. The molecular formula is C12H18N2O3S. The fraction of sp³-hybridized carbons (Fsp3) is 0.500. The molecule has 0 aliphatic rings. The van der Waals surface area contributed by atoms with Gasteiger partial charge >= 0.3 is 12.0 Å². The van der Waals surface area contributed by atoms with Crippen molar-refractivity contribution in [1.29, 1.82) is 0 Å². The van der Waals surface area contributed by atoms with Crippen LogP contribution in [-0.2, 0) is 11.2 Å². The number of aliphatic carboxylic acids is 1. The van der Waals surface area contributed by atoms with E-state index in [9.17, 15) is 9.59 Å². The first kappa shape index (κ1) is 14.5. The Hall–Kier alpha value is -1.56. The average molecular weight is 270 g/mol. The lowest BCUT2D eigenvalue weighted by atomic mass is 10.2. The van der Waals surface area contributed by atoms with Gasteiger partial charge in [-0.25, -0.2) is 4.79 Å².